The monoisotopic (exact) mass is 457 g/mol. The molecule has 32 heavy (non-hydrogen) atoms. The summed E-state index contributed by atoms with van der Waals surface area (Å²) in [6.07, 6.45) is 1.67. The maximum absolute atomic E-state index is 13.1. The van der Waals surface area contributed by atoms with Gasteiger partial charge in [0.1, 0.15) is 6.61 Å². The second-order valence-electron chi connectivity index (χ2n) is 8.09. The molecule has 0 saturated carbocycles. The summed E-state index contributed by atoms with van der Waals surface area (Å²) in [5, 5.41) is 6.10. The van der Waals surface area contributed by atoms with Crippen LogP contribution in [-0.2, 0) is 38.6 Å². The number of hydrogen-bond acceptors (Lipinski definition) is 7. The molecule has 2 amide bonds. The van der Waals surface area contributed by atoms with Crippen LogP contribution in [0.4, 0.5) is 4.79 Å². The van der Waals surface area contributed by atoms with Gasteiger partial charge >= 0.3 is 6.09 Å². The zero-order valence-electron chi connectivity index (χ0n) is 18.1. The standard InChI is InChI=1S/C23H27N3O5S/c1-14(2)20(26-23(30)31-13-15-6-4-3-5-7-15)18(27)11-16-10-17-12-25-19(32-17)8-9-24-22(29)21(16)28/h3-7,12,14,16,20H,8-11,13H2,1-2H3,(H,24,29)(H,26,30). The van der Waals surface area contributed by atoms with Crippen molar-refractivity contribution in [2.45, 2.75) is 45.8 Å². The van der Waals surface area contributed by atoms with E-state index in [0.717, 1.165) is 15.4 Å². The number of carbonyl (C=O) groups excluding carboxylic acids is 4. The summed E-state index contributed by atoms with van der Waals surface area (Å²) in [7, 11) is 0. The summed E-state index contributed by atoms with van der Waals surface area (Å²) < 4.78 is 5.23. The smallest absolute Gasteiger partial charge is 0.408 e. The number of carbonyl (C=O) groups is 4. The van der Waals surface area contributed by atoms with Crippen molar-refractivity contribution >= 4 is 34.9 Å². The van der Waals surface area contributed by atoms with Crippen LogP contribution in [0.15, 0.2) is 36.5 Å². The summed E-state index contributed by atoms with van der Waals surface area (Å²) in [4.78, 5) is 55.4. The average Bonchev–Trinajstić information content (AvgIpc) is 3.21. The van der Waals surface area contributed by atoms with E-state index in [1.54, 1.807) is 20.0 Å². The van der Waals surface area contributed by atoms with Gasteiger partial charge in [0, 0.05) is 36.4 Å². The number of rotatable bonds is 7. The minimum atomic E-state index is -0.832. The van der Waals surface area contributed by atoms with Crippen molar-refractivity contribution in [2.24, 2.45) is 11.8 Å². The fourth-order valence-electron chi connectivity index (χ4n) is 3.49. The van der Waals surface area contributed by atoms with Crippen LogP contribution in [0.5, 0.6) is 0 Å². The van der Waals surface area contributed by atoms with Gasteiger partial charge in [-0.3, -0.25) is 14.4 Å². The molecule has 1 aliphatic rings. The van der Waals surface area contributed by atoms with Gasteiger partial charge < -0.3 is 15.4 Å². The molecule has 0 saturated heterocycles. The third-order valence-electron chi connectivity index (χ3n) is 5.22. The number of amides is 2. The van der Waals surface area contributed by atoms with Gasteiger partial charge in [0.2, 0.25) is 5.78 Å². The van der Waals surface area contributed by atoms with Crippen molar-refractivity contribution in [3.8, 4) is 0 Å². The highest BCUT2D eigenvalue weighted by molar-refractivity contribution is 7.11. The topological polar surface area (TPSA) is 114 Å². The van der Waals surface area contributed by atoms with E-state index in [2.05, 4.69) is 15.6 Å². The van der Waals surface area contributed by atoms with E-state index < -0.39 is 29.7 Å². The summed E-state index contributed by atoms with van der Waals surface area (Å²) in [6, 6.07) is 8.38. The van der Waals surface area contributed by atoms with Gasteiger partial charge in [-0.1, -0.05) is 44.2 Å². The molecule has 8 nitrogen and oxygen atoms in total. The Kier molecular flexibility index (Phi) is 8.10. The quantitative estimate of drug-likeness (QED) is 0.618. The Morgan fingerprint density at radius 2 is 2.00 bits per heavy atom. The fraction of sp³-hybridized carbons (Fsp3) is 0.435. The van der Waals surface area contributed by atoms with Gasteiger partial charge in [0.15, 0.2) is 5.78 Å². The summed E-state index contributed by atoms with van der Waals surface area (Å²) in [6.45, 7) is 4.01. The average molecular weight is 458 g/mol. The number of fused-ring (bicyclic) bond motifs is 2. The molecule has 2 N–H and O–H groups in total. The molecule has 1 aromatic carbocycles. The molecule has 1 aliphatic heterocycles. The molecule has 2 heterocycles. The summed E-state index contributed by atoms with van der Waals surface area (Å²) in [5.41, 5.74) is 0.831. The minimum Gasteiger partial charge on any atom is -0.445 e. The van der Waals surface area contributed by atoms with Crippen molar-refractivity contribution < 1.29 is 23.9 Å². The van der Waals surface area contributed by atoms with Crippen LogP contribution < -0.4 is 10.6 Å². The number of Topliss-reactive ketones (excluding diaryl/α,β-unsaturated/α-hetero) is 2. The second-order valence-corrected chi connectivity index (χ2v) is 9.29. The van der Waals surface area contributed by atoms with E-state index >= 15 is 0 Å². The molecule has 0 fully saturated rings. The first-order valence-corrected chi connectivity index (χ1v) is 11.4. The van der Waals surface area contributed by atoms with Gasteiger partial charge in [-0.15, -0.1) is 11.3 Å². The van der Waals surface area contributed by atoms with Crippen LogP contribution in [0.2, 0.25) is 0 Å². The second kappa shape index (κ2) is 11.0. The Labute approximate surface area is 190 Å². The summed E-state index contributed by atoms with van der Waals surface area (Å²) in [5.74, 6) is -2.65. The third-order valence-corrected chi connectivity index (χ3v) is 6.29. The Hall–Kier alpha value is -3.07. The van der Waals surface area contributed by atoms with Gasteiger partial charge in [0.25, 0.3) is 5.91 Å². The van der Waals surface area contributed by atoms with Crippen molar-refractivity contribution in [2.75, 3.05) is 6.54 Å². The number of ketones is 2. The molecule has 2 atom stereocenters. The highest BCUT2D eigenvalue weighted by atomic mass is 32.1. The first-order chi connectivity index (χ1) is 15.3. The number of aromatic nitrogens is 1. The minimum absolute atomic E-state index is 0.0840. The predicted molar refractivity (Wildman–Crippen MR) is 119 cm³/mol. The van der Waals surface area contributed by atoms with Crippen molar-refractivity contribution in [3.05, 3.63) is 52.0 Å². The lowest BCUT2D eigenvalue weighted by Crippen LogP contribution is -2.46. The number of ether oxygens (including phenoxy) is 1. The van der Waals surface area contributed by atoms with Crippen molar-refractivity contribution in [1.82, 2.24) is 15.6 Å². The van der Waals surface area contributed by atoms with E-state index in [0.29, 0.717) is 13.0 Å². The predicted octanol–water partition coefficient (Wildman–Crippen LogP) is 2.45. The molecule has 2 bridgehead atoms. The fourth-order valence-corrected chi connectivity index (χ4v) is 4.50. The van der Waals surface area contributed by atoms with E-state index in [9.17, 15) is 19.2 Å². The highest BCUT2D eigenvalue weighted by Crippen LogP contribution is 2.22. The van der Waals surface area contributed by atoms with Crippen molar-refractivity contribution in [3.63, 3.8) is 0 Å². The molecule has 2 aromatic rings. The van der Waals surface area contributed by atoms with Crippen LogP contribution in [0.3, 0.4) is 0 Å². The highest BCUT2D eigenvalue weighted by Gasteiger charge is 2.33. The third kappa shape index (κ3) is 6.46. The molecule has 9 heteroatoms. The summed E-state index contributed by atoms with van der Waals surface area (Å²) >= 11 is 1.48. The number of hydrogen-bond donors (Lipinski definition) is 2. The van der Waals surface area contributed by atoms with Crippen LogP contribution in [-0.4, -0.2) is 41.1 Å². The Bertz CT molecular complexity index is 973. The van der Waals surface area contributed by atoms with Crippen molar-refractivity contribution in [1.29, 1.82) is 0 Å². The van der Waals surface area contributed by atoms with Crippen LogP contribution in [0.1, 0.15) is 35.7 Å². The molecular weight excluding hydrogens is 430 g/mol. The molecule has 170 valence electrons. The van der Waals surface area contributed by atoms with E-state index in [1.807, 2.05) is 30.3 Å². The van der Waals surface area contributed by atoms with Crippen LogP contribution >= 0.6 is 11.3 Å². The number of alkyl carbamates (subject to hydrolysis) is 1. The Balaban J connectivity index is 1.65. The van der Waals surface area contributed by atoms with E-state index in [-0.39, 0.29) is 31.1 Å². The maximum Gasteiger partial charge on any atom is 0.408 e. The van der Waals surface area contributed by atoms with E-state index in [4.69, 9.17) is 4.74 Å². The largest absolute Gasteiger partial charge is 0.445 e. The SMILES string of the molecule is CC(C)C(NC(=O)OCc1ccccc1)C(=O)CC1Cc2cnc(s2)CCNC(=O)C1=O. The lowest BCUT2D eigenvalue weighted by atomic mass is 9.88. The Morgan fingerprint density at radius 3 is 2.72 bits per heavy atom. The maximum atomic E-state index is 13.1. The van der Waals surface area contributed by atoms with Crippen LogP contribution in [0.25, 0.3) is 0 Å². The van der Waals surface area contributed by atoms with E-state index in [1.165, 1.54) is 11.3 Å². The molecule has 0 radical (unpaired) electrons. The zero-order chi connectivity index (χ0) is 23.1. The Morgan fingerprint density at radius 1 is 1.25 bits per heavy atom. The number of benzene rings is 1. The molecule has 1 aromatic heterocycles. The number of nitrogens with zero attached hydrogens (tertiary/aromatic N) is 1. The number of thiazole rings is 1. The molecule has 0 spiro atoms. The lowest BCUT2D eigenvalue weighted by molar-refractivity contribution is -0.141. The van der Waals surface area contributed by atoms with Gasteiger partial charge in [-0.05, 0) is 17.9 Å². The first-order valence-electron chi connectivity index (χ1n) is 10.6. The van der Waals surface area contributed by atoms with Crippen LogP contribution in [0, 0.1) is 11.8 Å². The van der Waals surface area contributed by atoms with Gasteiger partial charge in [0.05, 0.1) is 11.0 Å². The first kappa shape index (κ1) is 23.6. The van der Waals surface area contributed by atoms with Gasteiger partial charge in [-0.2, -0.15) is 0 Å². The lowest BCUT2D eigenvalue weighted by Gasteiger charge is -2.23. The molecule has 0 aliphatic carbocycles. The van der Waals surface area contributed by atoms with Gasteiger partial charge in [-0.25, -0.2) is 9.78 Å². The number of nitrogens with one attached hydrogen (secondary N) is 2. The molecular formula is C23H27N3O5S. The zero-order valence-corrected chi connectivity index (χ0v) is 18.9. The molecule has 2 unspecified atom stereocenters. The normalized spacial score (nSPS) is 17.4. The molecule has 3 rings (SSSR count).